The SMILES string of the molecule is COc1ccc(CSc2nc(NCCN)c3ncc(=O)[nH]c3n2)cc1Cl.O=C(O)C(F)(F)F. The molecule has 33 heavy (non-hydrogen) atoms. The lowest BCUT2D eigenvalue weighted by atomic mass is 10.2. The van der Waals surface area contributed by atoms with Gasteiger partial charge in [0.25, 0.3) is 5.56 Å². The van der Waals surface area contributed by atoms with Gasteiger partial charge in [-0.05, 0) is 17.7 Å². The van der Waals surface area contributed by atoms with Crippen LogP contribution < -0.4 is 21.3 Å². The molecule has 3 aromatic rings. The molecule has 1 aromatic carbocycles. The predicted molar refractivity (Wildman–Crippen MR) is 117 cm³/mol. The summed E-state index contributed by atoms with van der Waals surface area (Å²) in [5.74, 6) is -0.991. The number of carboxylic acid groups (broad SMARTS) is 1. The molecule has 5 N–H and O–H groups in total. The molecule has 2 aromatic heterocycles. The summed E-state index contributed by atoms with van der Waals surface area (Å²) < 4.78 is 36.9. The predicted octanol–water partition coefficient (Wildman–Crippen LogP) is 2.67. The van der Waals surface area contributed by atoms with Crippen LogP contribution in [0, 0.1) is 0 Å². The molecular formula is C18H18ClF3N6O4S. The highest BCUT2D eigenvalue weighted by Crippen LogP contribution is 2.29. The average Bonchev–Trinajstić information content (AvgIpc) is 2.75. The van der Waals surface area contributed by atoms with E-state index in [1.165, 1.54) is 18.0 Å². The highest BCUT2D eigenvalue weighted by molar-refractivity contribution is 7.98. The van der Waals surface area contributed by atoms with Gasteiger partial charge < -0.3 is 25.9 Å². The third-order valence-electron chi connectivity index (χ3n) is 3.68. The number of ether oxygens (including phenoxy) is 1. The van der Waals surface area contributed by atoms with E-state index in [2.05, 4.69) is 25.3 Å². The molecule has 0 aliphatic carbocycles. The molecule has 0 aliphatic rings. The molecule has 3 rings (SSSR count). The second-order valence-corrected chi connectivity index (χ2v) is 7.43. The molecule has 0 bridgehead atoms. The molecule has 0 saturated carbocycles. The number of hydrogen-bond donors (Lipinski definition) is 4. The monoisotopic (exact) mass is 506 g/mol. The van der Waals surface area contributed by atoms with Crippen LogP contribution in [0.5, 0.6) is 5.75 Å². The maximum absolute atomic E-state index is 11.5. The normalized spacial score (nSPS) is 11.0. The number of anilines is 1. The Hall–Kier alpha value is -3.10. The number of nitrogens with two attached hydrogens (primary N) is 1. The maximum atomic E-state index is 11.5. The molecule has 0 aliphatic heterocycles. The van der Waals surface area contributed by atoms with Crippen molar-refractivity contribution < 1.29 is 27.8 Å². The van der Waals surface area contributed by atoms with Crippen molar-refractivity contribution in [2.24, 2.45) is 5.73 Å². The summed E-state index contributed by atoms with van der Waals surface area (Å²) in [6.07, 6.45) is -3.88. The molecule has 0 unspecified atom stereocenters. The van der Waals surface area contributed by atoms with Gasteiger partial charge in [0.15, 0.2) is 16.6 Å². The number of H-pyrrole nitrogens is 1. The fraction of sp³-hybridized carbons (Fsp3) is 0.278. The van der Waals surface area contributed by atoms with Gasteiger partial charge in [-0.1, -0.05) is 29.4 Å². The summed E-state index contributed by atoms with van der Waals surface area (Å²) in [5, 5.41) is 11.3. The number of nitrogens with one attached hydrogen (secondary N) is 2. The second kappa shape index (κ2) is 11.7. The van der Waals surface area contributed by atoms with E-state index >= 15 is 0 Å². The summed E-state index contributed by atoms with van der Waals surface area (Å²) >= 11 is 7.58. The van der Waals surface area contributed by atoms with Gasteiger partial charge in [-0.25, -0.2) is 19.7 Å². The fourth-order valence-electron chi connectivity index (χ4n) is 2.24. The highest BCUT2D eigenvalue weighted by atomic mass is 35.5. The van der Waals surface area contributed by atoms with Crippen molar-refractivity contribution in [3.05, 3.63) is 45.3 Å². The maximum Gasteiger partial charge on any atom is 0.490 e. The first-order valence-electron chi connectivity index (χ1n) is 9.01. The number of benzene rings is 1. The Kier molecular flexibility index (Phi) is 9.25. The third kappa shape index (κ3) is 7.76. The molecule has 15 heteroatoms. The quantitative estimate of drug-likeness (QED) is 0.277. The largest absolute Gasteiger partial charge is 0.495 e. The number of carbonyl (C=O) groups is 1. The Balaban J connectivity index is 0.000000479. The fourth-order valence-corrected chi connectivity index (χ4v) is 3.31. The molecule has 0 atom stereocenters. The average molecular weight is 507 g/mol. The molecule has 2 heterocycles. The van der Waals surface area contributed by atoms with Crippen molar-refractivity contribution in [3.63, 3.8) is 0 Å². The van der Waals surface area contributed by atoms with Crippen LogP contribution in [-0.2, 0) is 10.5 Å². The van der Waals surface area contributed by atoms with E-state index in [1.807, 2.05) is 18.2 Å². The number of aromatic amines is 1. The van der Waals surface area contributed by atoms with Gasteiger partial charge >= 0.3 is 12.1 Å². The van der Waals surface area contributed by atoms with Crippen LogP contribution in [0.4, 0.5) is 19.0 Å². The number of halogens is 4. The molecule has 0 spiro atoms. The first-order valence-corrected chi connectivity index (χ1v) is 10.4. The van der Waals surface area contributed by atoms with Gasteiger partial charge in [0.1, 0.15) is 11.3 Å². The van der Waals surface area contributed by atoms with E-state index in [0.29, 0.717) is 51.8 Å². The molecule has 0 fully saturated rings. The number of thioether (sulfide) groups is 1. The van der Waals surface area contributed by atoms with Crippen molar-refractivity contribution >= 4 is 46.3 Å². The van der Waals surface area contributed by atoms with Crippen LogP contribution in [0.15, 0.2) is 34.3 Å². The number of aromatic nitrogens is 4. The summed E-state index contributed by atoms with van der Waals surface area (Å²) in [7, 11) is 1.57. The molecule has 10 nitrogen and oxygen atoms in total. The van der Waals surface area contributed by atoms with E-state index in [1.54, 1.807) is 7.11 Å². The number of fused-ring (bicyclic) bond motifs is 1. The lowest BCUT2D eigenvalue weighted by Crippen LogP contribution is -2.21. The van der Waals surface area contributed by atoms with Crippen molar-refractivity contribution in [2.45, 2.75) is 17.1 Å². The lowest BCUT2D eigenvalue weighted by Gasteiger charge is -2.09. The number of aliphatic carboxylic acids is 1. The molecule has 0 saturated heterocycles. The van der Waals surface area contributed by atoms with Crippen LogP contribution >= 0.6 is 23.4 Å². The van der Waals surface area contributed by atoms with E-state index in [-0.39, 0.29) is 5.56 Å². The lowest BCUT2D eigenvalue weighted by molar-refractivity contribution is -0.192. The van der Waals surface area contributed by atoms with Crippen LogP contribution in [0.2, 0.25) is 5.02 Å². The number of nitrogens with zero attached hydrogens (tertiary/aromatic N) is 3. The zero-order valence-electron chi connectivity index (χ0n) is 16.9. The van der Waals surface area contributed by atoms with Crippen molar-refractivity contribution in [1.29, 1.82) is 0 Å². The molecule has 0 radical (unpaired) electrons. The van der Waals surface area contributed by atoms with E-state index < -0.39 is 12.1 Å². The third-order valence-corrected chi connectivity index (χ3v) is 4.89. The van der Waals surface area contributed by atoms with Gasteiger partial charge in [-0.3, -0.25) is 4.79 Å². The minimum absolute atomic E-state index is 0.320. The van der Waals surface area contributed by atoms with Crippen LogP contribution in [0.25, 0.3) is 11.2 Å². The number of alkyl halides is 3. The first kappa shape index (κ1) is 26.2. The van der Waals surface area contributed by atoms with Gasteiger partial charge in [0, 0.05) is 18.8 Å². The Labute approximate surface area is 193 Å². The minimum atomic E-state index is -5.08. The van der Waals surface area contributed by atoms with Gasteiger partial charge in [0.2, 0.25) is 0 Å². The number of methoxy groups -OCH3 is 1. The standard InChI is InChI=1S/C16H17ClN6O2S.C2HF3O2/c1-25-11-3-2-9(6-10(11)17)8-26-16-22-14(19-5-4-18)13-15(23-16)21-12(24)7-20-13;3-2(4,5)1(6)7/h2-3,6-7H,4-5,8,18H2,1H3,(H2,19,21,22,23,24);(H,6,7). The van der Waals surface area contributed by atoms with E-state index in [9.17, 15) is 18.0 Å². The summed E-state index contributed by atoms with van der Waals surface area (Å²) in [6.45, 7) is 0.979. The van der Waals surface area contributed by atoms with Crippen LogP contribution in [0.3, 0.4) is 0 Å². The summed E-state index contributed by atoms with van der Waals surface area (Å²) in [4.78, 5) is 36.1. The van der Waals surface area contributed by atoms with E-state index in [0.717, 1.165) is 5.56 Å². The Morgan fingerprint density at radius 3 is 2.64 bits per heavy atom. The Morgan fingerprint density at radius 1 is 1.36 bits per heavy atom. The second-order valence-electron chi connectivity index (χ2n) is 6.08. The molecule has 0 amide bonds. The summed E-state index contributed by atoms with van der Waals surface area (Å²) in [6, 6.07) is 5.58. The number of carboxylic acids is 1. The Morgan fingerprint density at radius 2 is 2.06 bits per heavy atom. The van der Waals surface area contributed by atoms with Crippen molar-refractivity contribution in [2.75, 3.05) is 25.5 Å². The number of hydrogen-bond acceptors (Lipinski definition) is 9. The zero-order chi connectivity index (χ0) is 24.6. The van der Waals surface area contributed by atoms with Crippen molar-refractivity contribution in [1.82, 2.24) is 19.9 Å². The first-order chi connectivity index (χ1) is 15.5. The smallest absolute Gasteiger partial charge is 0.490 e. The molecular weight excluding hydrogens is 489 g/mol. The highest BCUT2D eigenvalue weighted by Gasteiger charge is 2.38. The van der Waals surface area contributed by atoms with Gasteiger partial charge in [-0.2, -0.15) is 13.2 Å². The van der Waals surface area contributed by atoms with Crippen LogP contribution in [-0.4, -0.2) is 57.4 Å². The number of rotatable bonds is 7. The van der Waals surface area contributed by atoms with Crippen molar-refractivity contribution in [3.8, 4) is 5.75 Å². The minimum Gasteiger partial charge on any atom is -0.495 e. The molecule has 178 valence electrons. The topological polar surface area (TPSA) is 156 Å². The van der Waals surface area contributed by atoms with Gasteiger partial charge in [-0.15, -0.1) is 0 Å². The van der Waals surface area contributed by atoms with Crippen LogP contribution in [0.1, 0.15) is 5.56 Å². The Bertz CT molecular complexity index is 1180. The van der Waals surface area contributed by atoms with Gasteiger partial charge in [0.05, 0.1) is 18.3 Å². The summed E-state index contributed by atoms with van der Waals surface area (Å²) in [5.41, 5.74) is 7.10. The van der Waals surface area contributed by atoms with E-state index in [4.69, 9.17) is 32.0 Å². The zero-order valence-corrected chi connectivity index (χ0v) is 18.5.